The number of rotatable bonds is 3. The van der Waals surface area contributed by atoms with E-state index in [2.05, 4.69) is 21.2 Å². The Kier molecular flexibility index (Phi) is 3.21. The highest BCUT2D eigenvalue weighted by Crippen LogP contribution is 2.33. The quantitative estimate of drug-likeness (QED) is 0.684. The maximum Gasteiger partial charge on any atom is 0.303 e. The van der Waals surface area contributed by atoms with Crippen molar-refractivity contribution in [2.75, 3.05) is 5.32 Å². The van der Waals surface area contributed by atoms with Gasteiger partial charge in [0, 0.05) is 16.2 Å². The van der Waals surface area contributed by atoms with Crippen LogP contribution in [0, 0.1) is 10.1 Å². The Bertz CT molecular complexity index is 510. The number of nitro groups is 1. The maximum atomic E-state index is 10.7. The monoisotopic (exact) mass is 298 g/mol. The molecule has 1 aromatic heterocycles. The van der Waals surface area contributed by atoms with Gasteiger partial charge in [0.25, 0.3) is 0 Å². The van der Waals surface area contributed by atoms with Crippen molar-refractivity contribution in [2.24, 2.45) is 0 Å². The Morgan fingerprint density at radius 2 is 1.94 bits per heavy atom. The highest BCUT2D eigenvalue weighted by atomic mass is 79.9. The number of thiophene rings is 1. The van der Waals surface area contributed by atoms with Crippen LogP contribution in [0.5, 0.6) is 0 Å². The molecule has 0 bridgehead atoms. The Morgan fingerprint density at radius 1 is 1.25 bits per heavy atom. The molecule has 0 aliphatic carbocycles. The summed E-state index contributed by atoms with van der Waals surface area (Å²) in [6.45, 7) is 0. The van der Waals surface area contributed by atoms with E-state index in [-0.39, 0.29) is 5.69 Å². The highest BCUT2D eigenvalue weighted by molar-refractivity contribution is 9.10. The molecule has 1 N–H and O–H groups in total. The highest BCUT2D eigenvalue weighted by Gasteiger charge is 2.14. The van der Waals surface area contributed by atoms with Crippen LogP contribution in [0.4, 0.5) is 16.4 Å². The van der Waals surface area contributed by atoms with E-state index in [1.807, 2.05) is 24.3 Å². The molecule has 0 aliphatic rings. The second-order valence-electron chi connectivity index (χ2n) is 3.02. The minimum Gasteiger partial charge on any atom is -0.342 e. The fraction of sp³-hybridized carbons (Fsp3) is 0. The van der Waals surface area contributed by atoms with Crippen molar-refractivity contribution in [3.8, 4) is 0 Å². The van der Waals surface area contributed by atoms with Gasteiger partial charge in [-0.2, -0.15) is 0 Å². The first-order valence-electron chi connectivity index (χ1n) is 4.41. The van der Waals surface area contributed by atoms with E-state index < -0.39 is 4.92 Å². The predicted octanol–water partition coefficient (Wildman–Crippen LogP) is 4.16. The van der Waals surface area contributed by atoms with E-state index in [0.717, 1.165) is 10.2 Å². The number of hydrogen-bond acceptors (Lipinski definition) is 4. The standard InChI is InChI=1S/C10H7BrN2O2S/c11-7-1-3-8(4-2-7)12-10-9(13(14)15)5-6-16-10/h1-6,12H. The molecule has 4 nitrogen and oxygen atoms in total. The fourth-order valence-electron chi connectivity index (χ4n) is 1.20. The smallest absolute Gasteiger partial charge is 0.303 e. The van der Waals surface area contributed by atoms with E-state index in [0.29, 0.717) is 5.00 Å². The zero-order valence-electron chi connectivity index (χ0n) is 8.01. The van der Waals surface area contributed by atoms with Gasteiger partial charge in [0.05, 0.1) is 4.92 Å². The first-order chi connectivity index (χ1) is 7.66. The third kappa shape index (κ3) is 2.40. The van der Waals surface area contributed by atoms with Crippen LogP contribution in [0.2, 0.25) is 0 Å². The number of benzene rings is 1. The number of nitrogens with zero attached hydrogens (tertiary/aromatic N) is 1. The third-order valence-corrected chi connectivity index (χ3v) is 3.29. The first kappa shape index (κ1) is 11.1. The van der Waals surface area contributed by atoms with E-state index >= 15 is 0 Å². The Labute approximate surface area is 104 Å². The van der Waals surface area contributed by atoms with Crippen molar-refractivity contribution in [1.29, 1.82) is 0 Å². The van der Waals surface area contributed by atoms with Gasteiger partial charge in [0.15, 0.2) is 5.00 Å². The largest absolute Gasteiger partial charge is 0.342 e. The van der Waals surface area contributed by atoms with Crippen molar-refractivity contribution in [1.82, 2.24) is 0 Å². The van der Waals surface area contributed by atoms with Crippen molar-refractivity contribution < 1.29 is 4.92 Å². The summed E-state index contributed by atoms with van der Waals surface area (Å²) in [5.74, 6) is 0. The van der Waals surface area contributed by atoms with Crippen LogP contribution >= 0.6 is 27.3 Å². The van der Waals surface area contributed by atoms with Gasteiger partial charge in [-0.3, -0.25) is 10.1 Å². The van der Waals surface area contributed by atoms with Crippen molar-refractivity contribution in [3.05, 3.63) is 50.3 Å². The summed E-state index contributed by atoms with van der Waals surface area (Å²) in [5, 5.41) is 16.0. The first-order valence-corrected chi connectivity index (χ1v) is 6.08. The second-order valence-corrected chi connectivity index (χ2v) is 4.86. The number of halogens is 1. The van der Waals surface area contributed by atoms with Crippen molar-refractivity contribution in [2.45, 2.75) is 0 Å². The molecule has 0 atom stereocenters. The summed E-state index contributed by atoms with van der Waals surface area (Å²) < 4.78 is 0.971. The van der Waals surface area contributed by atoms with Gasteiger partial charge in [-0.25, -0.2) is 0 Å². The molecule has 1 aromatic carbocycles. The minimum atomic E-state index is -0.391. The third-order valence-electron chi connectivity index (χ3n) is 1.94. The number of anilines is 2. The molecule has 82 valence electrons. The lowest BCUT2D eigenvalue weighted by molar-refractivity contribution is -0.383. The molecule has 0 spiro atoms. The van der Waals surface area contributed by atoms with Gasteiger partial charge >= 0.3 is 5.69 Å². The molecule has 16 heavy (non-hydrogen) atoms. The van der Waals surface area contributed by atoms with E-state index in [1.165, 1.54) is 17.4 Å². The van der Waals surface area contributed by atoms with Gasteiger partial charge in [-0.15, -0.1) is 11.3 Å². The van der Waals surface area contributed by atoms with Crippen LogP contribution in [-0.2, 0) is 0 Å². The van der Waals surface area contributed by atoms with E-state index in [1.54, 1.807) is 5.38 Å². The SMILES string of the molecule is O=[N+]([O-])c1ccsc1Nc1ccc(Br)cc1. The molecule has 0 saturated heterocycles. The van der Waals surface area contributed by atoms with Gasteiger partial charge in [-0.1, -0.05) is 15.9 Å². The molecule has 2 rings (SSSR count). The average molecular weight is 299 g/mol. The Balaban J connectivity index is 2.23. The fourth-order valence-corrected chi connectivity index (χ4v) is 2.24. The Hall–Kier alpha value is -1.40. The molecule has 0 saturated carbocycles. The lowest BCUT2D eigenvalue weighted by Crippen LogP contribution is -1.92. The molecular formula is C10H7BrN2O2S. The maximum absolute atomic E-state index is 10.7. The van der Waals surface area contributed by atoms with Gasteiger partial charge in [0.2, 0.25) is 0 Å². The molecule has 0 aliphatic heterocycles. The van der Waals surface area contributed by atoms with Crippen LogP contribution in [-0.4, -0.2) is 4.92 Å². The molecule has 0 fully saturated rings. The topological polar surface area (TPSA) is 55.2 Å². The summed E-state index contributed by atoms with van der Waals surface area (Å²) in [6, 6.07) is 8.95. The van der Waals surface area contributed by atoms with Crippen LogP contribution in [0.15, 0.2) is 40.2 Å². The molecule has 1 heterocycles. The number of hydrogen-bond donors (Lipinski definition) is 1. The molecule has 0 amide bonds. The molecule has 0 radical (unpaired) electrons. The zero-order valence-corrected chi connectivity index (χ0v) is 10.4. The Morgan fingerprint density at radius 3 is 2.56 bits per heavy atom. The normalized spacial score (nSPS) is 10.1. The second kappa shape index (κ2) is 4.63. The summed E-state index contributed by atoms with van der Waals surface area (Å²) in [4.78, 5) is 10.3. The molecular weight excluding hydrogens is 292 g/mol. The predicted molar refractivity (Wildman–Crippen MR) is 68.4 cm³/mol. The average Bonchev–Trinajstić information content (AvgIpc) is 2.69. The van der Waals surface area contributed by atoms with Gasteiger partial charge in [0.1, 0.15) is 0 Å². The zero-order chi connectivity index (χ0) is 11.5. The van der Waals surface area contributed by atoms with Crippen LogP contribution in [0.3, 0.4) is 0 Å². The van der Waals surface area contributed by atoms with Crippen molar-refractivity contribution >= 4 is 43.6 Å². The minimum absolute atomic E-state index is 0.105. The molecule has 6 heteroatoms. The molecule has 0 unspecified atom stereocenters. The summed E-state index contributed by atoms with van der Waals surface area (Å²) >= 11 is 4.64. The lowest BCUT2D eigenvalue weighted by Gasteiger charge is -2.03. The summed E-state index contributed by atoms with van der Waals surface area (Å²) in [7, 11) is 0. The van der Waals surface area contributed by atoms with E-state index in [9.17, 15) is 10.1 Å². The van der Waals surface area contributed by atoms with Crippen LogP contribution in [0.25, 0.3) is 0 Å². The number of nitrogens with one attached hydrogen (secondary N) is 1. The lowest BCUT2D eigenvalue weighted by atomic mass is 10.3. The van der Waals surface area contributed by atoms with Gasteiger partial charge in [-0.05, 0) is 29.6 Å². The summed E-state index contributed by atoms with van der Waals surface area (Å²) in [6.07, 6.45) is 0. The van der Waals surface area contributed by atoms with E-state index in [4.69, 9.17) is 0 Å². The van der Waals surface area contributed by atoms with Crippen LogP contribution < -0.4 is 5.32 Å². The molecule has 2 aromatic rings. The van der Waals surface area contributed by atoms with Gasteiger partial charge < -0.3 is 5.32 Å². The van der Waals surface area contributed by atoms with Crippen LogP contribution in [0.1, 0.15) is 0 Å². The summed E-state index contributed by atoms with van der Waals surface area (Å²) in [5.41, 5.74) is 0.932. The van der Waals surface area contributed by atoms with Crippen molar-refractivity contribution in [3.63, 3.8) is 0 Å².